The van der Waals surface area contributed by atoms with Gasteiger partial charge in [-0.2, -0.15) is 0 Å². The van der Waals surface area contributed by atoms with Crippen molar-refractivity contribution in [3.63, 3.8) is 0 Å². The summed E-state index contributed by atoms with van der Waals surface area (Å²) in [5.41, 5.74) is 5.66. The van der Waals surface area contributed by atoms with Crippen LogP contribution in [0.1, 0.15) is 24.8 Å². The van der Waals surface area contributed by atoms with Crippen LogP contribution >= 0.6 is 11.6 Å². The molecule has 2 nitrogen and oxygen atoms in total. The van der Waals surface area contributed by atoms with E-state index in [4.69, 9.17) is 16.7 Å². The zero-order valence-corrected chi connectivity index (χ0v) is 9.46. The Kier molecular flexibility index (Phi) is 7.48. The number of aliphatic hydroxyl groups is 1. The highest BCUT2D eigenvalue weighted by Gasteiger charge is 2.06. The van der Waals surface area contributed by atoms with Crippen LogP contribution in [0.15, 0.2) is 24.3 Å². The molecule has 1 rings (SSSR count). The summed E-state index contributed by atoms with van der Waals surface area (Å²) in [6.07, 6.45) is 0.956. The minimum atomic E-state index is 0.206. The summed E-state index contributed by atoms with van der Waals surface area (Å²) < 4.78 is 0. The molecule has 1 atom stereocenters. The second-order valence-corrected chi connectivity index (χ2v) is 3.28. The number of rotatable bonds is 3. The lowest BCUT2D eigenvalue weighted by atomic mass is 9.98. The van der Waals surface area contributed by atoms with Crippen LogP contribution in [0.5, 0.6) is 0 Å². The van der Waals surface area contributed by atoms with Gasteiger partial charge in [-0.1, -0.05) is 30.7 Å². The monoisotopic (exact) mass is 215 g/mol. The van der Waals surface area contributed by atoms with Crippen molar-refractivity contribution in [3.05, 3.63) is 34.9 Å². The zero-order chi connectivity index (χ0) is 11.0. The Morgan fingerprint density at radius 3 is 2.14 bits per heavy atom. The van der Waals surface area contributed by atoms with E-state index < -0.39 is 0 Å². The van der Waals surface area contributed by atoms with Gasteiger partial charge in [-0.3, -0.25) is 0 Å². The smallest absolute Gasteiger partial charge is 0.0499 e. The fraction of sp³-hybridized carbons (Fsp3) is 0.455. The standard InChI is InChI=1S/C10H13ClO.CH5N/c1-2-8(7-12)9-3-5-10(11)6-4-9;1-2/h3-6,8,12H,2,7H2,1H3;2H2,1H3. The minimum absolute atomic E-state index is 0.206. The fourth-order valence-electron chi connectivity index (χ4n) is 1.21. The van der Waals surface area contributed by atoms with Gasteiger partial charge in [0.25, 0.3) is 0 Å². The van der Waals surface area contributed by atoms with E-state index in [1.165, 1.54) is 7.05 Å². The highest BCUT2D eigenvalue weighted by Crippen LogP contribution is 2.20. The highest BCUT2D eigenvalue weighted by atomic mass is 35.5. The Morgan fingerprint density at radius 2 is 1.79 bits per heavy atom. The third-order valence-corrected chi connectivity index (χ3v) is 2.31. The average molecular weight is 216 g/mol. The summed E-state index contributed by atoms with van der Waals surface area (Å²) in [7, 11) is 1.50. The van der Waals surface area contributed by atoms with Crippen LogP contribution in [0.3, 0.4) is 0 Å². The Hall–Kier alpha value is -0.570. The molecular weight excluding hydrogens is 198 g/mol. The van der Waals surface area contributed by atoms with Gasteiger partial charge in [-0.05, 0) is 31.2 Å². The predicted molar refractivity (Wildman–Crippen MR) is 61.7 cm³/mol. The van der Waals surface area contributed by atoms with Crippen LogP contribution in [0.4, 0.5) is 0 Å². The van der Waals surface area contributed by atoms with Crippen LogP contribution < -0.4 is 5.73 Å². The van der Waals surface area contributed by atoms with Gasteiger partial charge >= 0.3 is 0 Å². The van der Waals surface area contributed by atoms with Gasteiger partial charge in [-0.25, -0.2) is 0 Å². The van der Waals surface area contributed by atoms with Gasteiger partial charge in [0.15, 0.2) is 0 Å². The van der Waals surface area contributed by atoms with Crippen molar-refractivity contribution < 1.29 is 5.11 Å². The van der Waals surface area contributed by atoms with E-state index in [1.54, 1.807) is 0 Å². The SMILES string of the molecule is CCC(CO)c1ccc(Cl)cc1.CN. The van der Waals surface area contributed by atoms with Gasteiger partial charge < -0.3 is 10.8 Å². The van der Waals surface area contributed by atoms with Gasteiger partial charge in [0, 0.05) is 17.5 Å². The average Bonchev–Trinajstić information content (AvgIpc) is 2.25. The lowest BCUT2D eigenvalue weighted by molar-refractivity contribution is 0.262. The normalized spacial score (nSPS) is 11.5. The molecule has 1 aromatic rings. The molecule has 14 heavy (non-hydrogen) atoms. The number of halogens is 1. The Morgan fingerprint density at radius 1 is 1.29 bits per heavy atom. The highest BCUT2D eigenvalue weighted by molar-refractivity contribution is 6.30. The second-order valence-electron chi connectivity index (χ2n) is 2.84. The summed E-state index contributed by atoms with van der Waals surface area (Å²) in [6, 6.07) is 7.64. The molecule has 0 spiro atoms. The van der Waals surface area contributed by atoms with E-state index >= 15 is 0 Å². The van der Waals surface area contributed by atoms with E-state index in [2.05, 4.69) is 12.7 Å². The number of benzene rings is 1. The first-order chi connectivity index (χ1) is 6.77. The van der Waals surface area contributed by atoms with Crippen molar-refractivity contribution >= 4 is 11.6 Å². The van der Waals surface area contributed by atoms with Crippen LogP contribution in [-0.4, -0.2) is 18.8 Å². The second kappa shape index (κ2) is 7.80. The largest absolute Gasteiger partial charge is 0.396 e. The van der Waals surface area contributed by atoms with E-state index in [9.17, 15) is 0 Å². The molecule has 0 aromatic heterocycles. The molecule has 0 amide bonds. The third kappa shape index (κ3) is 4.09. The van der Waals surface area contributed by atoms with Gasteiger partial charge in [0.2, 0.25) is 0 Å². The molecule has 0 bridgehead atoms. The van der Waals surface area contributed by atoms with Gasteiger partial charge in [0.1, 0.15) is 0 Å². The number of aliphatic hydroxyl groups excluding tert-OH is 1. The molecule has 3 N–H and O–H groups in total. The molecule has 0 aliphatic heterocycles. The molecule has 0 fully saturated rings. The summed E-state index contributed by atoms with van der Waals surface area (Å²) in [6.45, 7) is 2.27. The minimum Gasteiger partial charge on any atom is -0.396 e. The van der Waals surface area contributed by atoms with Crippen molar-refractivity contribution in [2.45, 2.75) is 19.3 Å². The Bertz CT molecular complexity index is 232. The molecule has 0 heterocycles. The summed E-state index contributed by atoms with van der Waals surface area (Å²) in [5, 5.41) is 9.76. The number of hydrogen-bond donors (Lipinski definition) is 2. The van der Waals surface area contributed by atoms with Crippen molar-refractivity contribution in [1.29, 1.82) is 0 Å². The Labute approximate surface area is 90.7 Å². The molecule has 0 saturated carbocycles. The molecule has 0 aliphatic carbocycles. The van der Waals surface area contributed by atoms with Gasteiger partial charge in [0.05, 0.1) is 0 Å². The van der Waals surface area contributed by atoms with Crippen LogP contribution in [0, 0.1) is 0 Å². The van der Waals surface area contributed by atoms with Crippen LogP contribution in [0.2, 0.25) is 5.02 Å². The van der Waals surface area contributed by atoms with Crippen molar-refractivity contribution in [3.8, 4) is 0 Å². The van der Waals surface area contributed by atoms with Crippen LogP contribution in [-0.2, 0) is 0 Å². The lowest BCUT2D eigenvalue weighted by Gasteiger charge is -2.11. The maximum Gasteiger partial charge on any atom is 0.0499 e. The van der Waals surface area contributed by atoms with E-state index in [-0.39, 0.29) is 12.5 Å². The quantitative estimate of drug-likeness (QED) is 0.814. The van der Waals surface area contributed by atoms with E-state index in [1.807, 2.05) is 24.3 Å². The predicted octanol–water partition coefficient (Wildman–Crippen LogP) is 2.40. The van der Waals surface area contributed by atoms with Crippen molar-refractivity contribution in [2.75, 3.05) is 13.7 Å². The van der Waals surface area contributed by atoms with Crippen molar-refractivity contribution in [2.24, 2.45) is 5.73 Å². The zero-order valence-electron chi connectivity index (χ0n) is 8.70. The topological polar surface area (TPSA) is 46.2 Å². The molecular formula is C11H18ClNO. The first-order valence-electron chi connectivity index (χ1n) is 4.72. The molecule has 0 saturated heterocycles. The lowest BCUT2D eigenvalue weighted by Crippen LogP contribution is -2.01. The maximum atomic E-state index is 9.02. The third-order valence-electron chi connectivity index (χ3n) is 2.05. The first kappa shape index (κ1) is 13.4. The van der Waals surface area contributed by atoms with Gasteiger partial charge in [-0.15, -0.1) is 0 Å². The molecule has 1 unspecified atom stereocenters. The number of hydrogen-bond acceptors (Lipinski definition) is 2. The Balaban J connectivity index is 0.000000791. The summed E-state index contributed by atoms with van der Waals surface area (Å²) in [4.78, 5) is 0. The van der Waals surface area contributed by atoms with E-state index in [0.29, 0.717) is 0 Å². The number of nitrogens with two attached hydrogens (primary N) is 1. The van der Waals surface area contributed by atoms with Crippen LogP contribution in [0.25, 0.3) is 0 Å². The fourth-order valence-corrected chi connectivity index (χ4v) is 1.33. The molecule has 1 aromatic carbocycles. The molecule has 3 heteroatoms. The maximum absolute atomic E-state index is 9.02. The summed E-state index contributed by atoms with van der Waals surface area (Å²) in [5.74, 6) is 0.252. The summed E-state index contributed by atoms with van der Waals surface area (Å²) >= 11 is 5.74. The molecule has 0 radical (unpaired) electrons. The van der Waals surface area contributed by atoms with Crippen molar-refractivity contribution in [1.82, 2.24) is 0 Å². The molecule has 0 aliphatic rings. The first-order valence-corrected chi connectivity index (χ1v) is 5.09. The van der Waals surface area contributed by atoms with E-state index in [0.717, 1.165) is 17.0 Å². The molecule has 80 valence electrons.